The van der Waals surface area contributed by atoms with E-state index < -0.39 is 0 Å². The highest BCUT2D eigenvalue weighted by Gasteiger charge is 2.48. The molecule has 0 radical (unpaired) electrons. The number of hydrogen-bond acceptors (Lipinski definition) is 4. The third-order valence-corrected chi connectivity index (χ3v) is 6.28. The third kappa shape index (κ3) is 2.63. The smallest absolute Gasteiger partial charge is 0.0469 e. The van der Waals surface area contributed by atoms with Gasteiger partial charge >= 0.3 is 0 Å². The van der Waals surface area contributed by atoms with Crippen LogP contribution in [0.1, 0.15) is 38.5 Å². The van der Waals surface area contributed by atoms with Crippen LogP contribution in [0.5, 0.6) is 0 Å². The summed E-state index contributed by atoms with van der Waals surface area (Å²) in [6.45, 7) is 3.90. The van der Waals surface area contributed by atoms with E-state index in [0.717, 1.165) is 37.8 Å². The van der Waals surface area contributed by atoms with E-state index in [0.29, 0.717) is 0 Å². The van der Waals surface area contributed by atoms with Gasteiger partial charge in [-0.1, -0.05) is 0 Å². The van der Waals surface area contributed by atoms with Crippen LogP contribution in [0, 0.1) is 5.92 Å². The summed E-state index contributed by atoms with van der Waals surface area (Å²) in [5.74, 6) is 0.800. The maximum atomic E-state index is 6.26. The van der Waals surface area contributed by atoms with Gasteiger partial charge < -0.3 is 15.4 Å². The highest BCUT2D eigenvalue weighted by atomic mass is 16.5. The van der Waals surface area contributed by atoms with Gasteiger partial charge in [-0.15, -0.1) is 0 Å². The topological polar surface area (TPSA) is 41.7 Å². The van der Waals surface area contributed by atoms with Crippen LogP contribution >= 0.6 is 0 Å². The number of hydrogen-bond donors (Lipinski definition) is 1. The fraction of sp³-hybridized carbons (Fsp3) is 1.00. The molecule has 0 amide bonds. The maximum absolute atomic E-state index is 6.26. The van der Waals surface area contributed by atoms with Crippen molar-refractivity contribution in [3.63, 3.8) is 0 Å². The molecule has 3 aliphatic rings. The molecular weight excluding hydrogens is 250 g/mol. The van der Waals surface area contributed by atoms with Crippen molar-refractivity contribution in [2.24, 2.45) is 11.7 Å². The molecule has 3 heterocycles. The minimum absolute atomic E-state index is 0.247. The van der Waals surface area contributed by atoms with Gasteiger partial charge in [0.05, 0.1) is 0 Å². The van der Waals surface area contributed by atoms with E-state index in [-0.39, 0.29) is 5.54 Å². The molecule has 4 nitrogen and oxygen atoms in total. The number of rotatable bonds is 4. The van der Waals surface area contributed by atoms with Crippen molar-refractivity contribution in [3.05, 3.63) is 0 Å². The quantitative estimate of drug-likeness (QED) is 0.843. The first kappa shape index (κ1) is 14.8. The summed E-state index contributed by atoms with van der Waals surface area (Å²) in [4.78, 5) is 5.22. The molecule has 0 aromatic heterocycles. The molecule has 116 valence electrons. The molecule has 2 unspecified atom stereocenters. The molecule has 0 aliphatic carbocycles. The summed E-state index contributed by atoms with van der Waals surface area (Å²) in [6.07, 6.45) is 7.70. The molecule has 2 atom stereocenters. The molecule has 3 aliphatic heterocycles. The summed E-state index contributed by atoms with van der Waals surface area (Å²) in [6, 6.07) is 1.52. The van der Waals surface area contributed by atoms with E-state index in [1.165, 1.54) is 45.1 Å². The second-order valence-electron chi connectivity index (χ2n) is 7.32. The van der Waals surface area contributed by atoms with Gasteiger partial charge in [-0.2, -0.15) is 0 Å². The maximum Gasteiger partial charge on any atom is 0.0469 e. The second kappa shape index (κ2) is 5.91. The van der Waals surface area contributed by atoms with Crippen LogP contribution in [-0.2, 0) is 4.74 Å². The lowest BCUT2D eigenvalue weighted by molar-refractivity contribution is -0.00810. The Bertz CT molecular complexity index is 316. The van der Waals surface area contributed by atoms with Crippen LogP contribution in [0.3, 0.4) is 0 Å². The Morgan fingerprint density at radius 3 is 2.30 bits per heavy atom. The molecular formula is C16H31N3O. The van der Waals surface area contributed by atoms with E-state index in [1.54, 1.807) is 0 Å². The van der Waals surface area contributed by atoms with E-state index in [1.807, 2.05) is 0 Å². The van der Waals surface area contributed by atoms with Gasteiger partial charge in [0.1, 0.15) is 0 Å². The molecule has 4 heteroatoms. The van der Waals surface area contributed by atoms with Crippen molar-refractivity contribution in [1.29, 1.82) is 0 Å². The lowest BCUT2D eigenvalue weighted by atomic mass is 9.81. The van der Waals surface area contributed by atoms with Crippen molar-refractivity contribution in [3.8, 4) is 0 Å². The first-order valence-electron chi connectivity index (χ1n) is 8.35. The van der Waals surface area contributed by atoms with E-state index in [4.69, 9.17) is 10.5 Å². The van der Waals surface area contributed by atoms with Crippen molar-refractivity contribution < 1.29 is 4.74 Å². The average molecular weight is 281 g/mol. The molecule has 0 aromatic rings. The van der Waals surface area contributed by atoms with Gasteiger partial charge in [0, 0.05) is 43.9 Å². The van der Waals surface area contributed by atoms with Crippen LogP contribution in [0.2, 0.25) is 0 Å². The zero-order valence-electron chi connectivity index (χ0n) is 13.2. The first-order valence-corrected chi connectivity index (χ1v) is 8.35. The Kier molecular flexibility index (Phi) is 4.37. The van der Waals surface area contributed by atoms with Crippen LogP contribution in [-0.4, -0.2) is 67.8 Å². The lowest BCUT2D eigenvalue weighted by Crippen LogP contribution is -2.61. The standard InChI is InChI=1S/C16H31N3O/c1-18(11-13-5-7-20-8-6-13)16(12-17)9-14-3-4-15(10-16)19(14)2/h13-15H,3-12,17H2,1-2H3. The average Bonchev–Trinajstić information content (AvgIpc) is 2.70. The van der Waals surface area contributed by atoms with E-state index in [2.05, 4.69) is 23.9 Å². The van der Waals surface area contributed by atoms with Gasteiger partial charge in [0.15, 0.2) is 0 Å². The molecule has 0 aromatic carbocycles. The Balaban J connectivity index is 1.66. The normalized spacial score (nSPS) is 39.6. The van der Waals surface area contributed by atoms with Crippen LogP contribution in [0.15, 0.2) is 0 Å². The summed E-state index contributed by atoms with van der Waals surface area (Å²) in [7, 11) is 4.62. The van der Waals surface area contributed by atoms with E-state index in [9.17, 15) is 0 Å². The molecule has 0 spiro atoms. The number of nitrogens with two attached hydrogens (primary N) is 1. The number of fused-ring (bicyclic) bond motifs is 2. The number of nitrogens with zero attached hydrogens (tertiary/aromatic N) is 2. The number of ether oxygens (including phenoxy) is 1. The van der Waals surface area contributed by atoms with Gasteiger partial charge in [0.25, 0.3) is 0 Å². The molecule has 3 fully saturated rings. The van der Waals surface area contributed by atoms with Gasteiger partial charge in [-0.05, 0) is 58.5 Å². The monoisotopic (exact) mass is 281 g/mol. The molecule has 0 saturated carbocycles. The van der Waals surface area contributed by atoms with E-state index >= 15 is 0 Å². The van der Waals surface area contributed by atoms with Crippen LogP contribution in [0.25, 0.3) is 0 Å². The SMILES string of the molecule is CN1C2CCC1CC(CN)(N(C)CC1CCOCC1)C2. The fourth-order valence-electron chi connectivity index (χ4n) is 4.69. The molecule has 2 N–H and O–H groups in total. The summed E-state index contributed by atoms with van der Waals surface area (Å²) in [5, 5.41) is 0. The zero-order valence-corrected chi connectivity index (χ0v) is 13.2. The molecule has 20 heavy (non-hydrogen) atoms. The first-order chi connectivity index (χ1) is 9.64. The Morgan fingerprint density at radius 2 is 1.75 bits per heavy atom. The minimum atomic E-state index is 0.247. The molecule has 2 bridgehead atoms. The predicted octanol–water partition coefficient (Wildman–Crippen LogP) is 1.30. The Morgan fingerprint density at radius 1 is 1.15 bits per heavy atom. The highest BCUT2D eigenvalue weighted by Crippen LogP contribution is 2.42. The largest absolute Gasteiger partial charge is 0.381 e. The Hall–Kier alpha value is -0.160. The van der Waals surface area contributed by atoms with Crippen molar-refractivity contribution in [2.45, 2.75) is 56.1 Å². The number of piperidine rings is 1. The zero-order chi connectivity index (χ0) is 14.2. The second-order valence-corrected chi connectivity index (χ2v) is 7.32. The Labute approximate surface area is 123 Å². The highest BCUT2D eigenvalue weighted by molar-refractivity contribution is 5.06. The van der Waals surface area contributed by atoms with Crippen molar-refractivity contribution in [1.82, 2.24) is 9.80 Å². The minimum Gasteiger partial charge on any atom is -0.381 e. The fourth-order valence-corrected chi connectivity index (χ4v) is 4.69. The van der Waals surface area contributed by atoms with Gasteiger partial charge in [-0.25, -0.2) is 0 Å². The lowest BCUT2D eigenvalue weighted by Gasteiger charge is -2.50. The summed E-state index contributed by atoms with van der Waals surface area (Å²) in [5.41, 5.74) is 6.50. The molecule has 3 saturated heterocycles. The van der Waals surface area contributed by atoms with Crippen LogP contribution in [0.4, 0.5) is 0 Å². The number of likely N-dealkylation sites (N-methyl/N-ethyl adjacent to an activating group) is 1. The molecule has 3 rings (SSSR count). The summed E-state index contributed by atoms with van der Waals surface area (Å²) < 4.78 is 5.49. The van der Waals surface area contributed by atoms with Gasteiger partial charge in [0.2, 0.25) is 0 Å². The van der Waals surface area contributed by atoms with Gasteiger partial charge in [-0.3, -0.25) is 4.90 Å². The summed E-state index contributed by atoms with van der Waals surface area (Å²) >= 11 is 0. The van der Waals surface area contributed by atoms with Crippen molar-refractivity contribution in [2.75, 3.05) is 40.4 Å². The predicted molar refractivity (Wildman–Crippen MR) is 81.8 cm³/mol. The van der Waals surface area contributed by atoms with Crippen molar-refractivity contribution >= 4 is 0 Å². The van der Waals surface area contributed by atoms with Crippen LogP contribution < -0.4 is 5.73 Å². The third-order valence-electron chi connectivity index (χ3n) is 6.28.